The molecule has 2 saturated heterocycles. The van der Waals surface area contributed by atoms with E-state index in [1.165, 1.54) is 0 Å². The SMILES string of the molecule is COC1(CNc2ccc3c(c2)C(=O)N(C2CCC(=O)NC2=O)C3=O)CCNCC1. The lowest BCUT2D eigenvalue weighted by molar-refractivity contribution is -0.136. The fourth-order valence-corrected chi connectivity index (χ4v) is 4.18. The lowest BCUT2D eigenvalue weighted by Crippen LogP contribution is -2.54. The van der Waals surface area contributed by atoms with Crippen LogP contribution in [-0.2, 0) is 14.3 Å². The number of methoxy groups -OCH3 is 1. The van der Waals surface area contributed by atoms with Crippen LogP contribution in [0.5, 0.6) is 0 Å². The number of fused-ring (bicyclic) bond motifs is 1. The number of imide groups is 2. The number of rotatable bonds is 5. The molecule has 1 unspecified atom stereocenters. The quantitative estimate of drug-likeness (QED) is 0.608. The van der Waals surface area contributed by atoms with Crippen molar-refractivity contribution in [2.45, 2.75) is 37.3 Å². The van der Waals surface area contributed by atoms with Crippen LogP contribution in [0.1, 0.15) is 46.4 Å². The molecular weight excluding hydrogens is 376 g/mol. The molecule has 3 aliphatic rings. The number of nitrogens with one attached hydrogen (secondary N) is 3. The van der Waals surface area contributed by atoms with Gasteiger partial charge in [-0.15, -0.1) is 0 Å². The Morgan fingerprint density at radius 1 is 1.14 bits per heavy atom. The van der Waals surface area contributed by atoms with Gasteiger partial charge in [0.2, 0.25) is 11.8 Å². The van der Waals surface area contributed by atoms with E-state index in [-0.39, 0.29) is 35.5 Å². The van der Waals surface area contributed by atoms with Crippen LogP contribution in [0.4, 0.5) is 5.69 Å². The molecule has 9 heteroatoms. The van der Waals surface area contributed by atoms with Crippen LogP contribution in [-0.4, -0.2) is 66.9 Å². The van der Waals surface area contributed by atoms with Crippen molar-refractivity contribution in [1.29, 1.82) is 0 Å². The highest BCUT2D eigenvalue weighted by Gasteiger charge is 2.44. The minimum absolute atomic E-state index is 0.102. The number of hydrogen-bond donors (Lipinski definition) is 3. The van der Waals surface area contributed by atoms with E-state index in [0.717, 1.165) is 30.8 Å². The van der Waals surface area contributed by atoms with Crippen molar-refractivity contribution < 1.29 is 23.9 Å². The number of piperidine rings is 2. The van der Waals surface area contributed by atoms with Crippen LogP contribution < -0.4 is 16.0 Å². The van der Waals surface area contributed by atoms with Crippen molar-refractivity contribution >= 4 is 29.3 Å². The summed E-state index contributed by atoms with van der Waals surface area (Å²) >= 11 is 0. The second-order valence-electron chi connectivity index (χ2n) is 7.70. The molecule has 0 aromatic heterocycles. The van der Waals surface area contributed by atoms with Gasteiger partial charge in [-0.3, -0.25) is 29.4 Å². The number of carbonyl (C=O) groups is 4. The molecular formula is C20H24N4O5. The van der Waals surface area contributed by atoms with Crippen LogP contribution in [0.2, 0.25) is 0 Å². The highest BCUT2D eigenvalue weighted by molar-refractivity contribution is 6.23. The Morgan fingerprint density at radius 2 is 1.86 bits per heavy atom. The van der Waals surface area contributed by atoms with Crippen molar-refractivity contribution in [2.75, 3.05) is 32.1 Å². The smallest absolute Gasteiger partial charge is 0.262 e. The Bertz CT molecular complexity index is 878. The minimum atomic E-state index is -0.956. The van der Waals surface area contributed by atoms with Gasteiger partial charge in [-0.05, 0) is 50.6 Å². The van der Waals surface area contributed by atoms with E-state index in [9.17, 15) is 19.2 Å². The van der Waals surface area contributed by atoms with Gasteiger partial charge in [0.25, 0.3) is 11.8 Å². The highest BCUT2D eigenvalue weighted by Crippen LogP contribution is 2.30. The minimum Gasteiger partial charge on any atom is -0.382 e. The van der Waals surface area contributed by atoms with Gasteiger partial charge in [0.1, 0.15) is 6.04 Å². The predicted molar refractivity (Wildman–Crippen MR) is 103 cm³/mol. The standard InChI is InChI=1S/C20H24N4O5/c1-29-20(6-8-21-9-7-20)11-22-12-2-3-13-14(10-12)19(28)24(18(13)27)15-4-5-16(25)23-17(15)26/h2-3,10,15,21-22H,4-9,11H2,1H3,(H,23,25,26). The second kappa shape index (κ2) is 7.57. The van der Waals surface area contributed by atoms with E-state index in [1.807, 2.05) is 0 Å². The summed E-state index contributed by atoms with van der Waals surface area (Å²) in [6.45, 7) is 2.35. The third-order valence-corrected chi connectivity index (χ3v) is 6.00. The van der Waals surface area contributed by atoms with Crippen LogP contribution in [0.3, 0.4) is 0 Å². The van der Waals surface area contributed by atoms with Crippen LogP contribution in [0.15, 0.2) is 18.2 Å². The van der Waals surface area contributed by atoms with Gasteiger partial charge in [0, 0.05) is 25.8 Å². The predicted octanol–water partition coefficient (Wildman–Crippen LogP) is 0.268. The molecule has 0 saturated carbocycles. The fraction of sp³-hybridized carbons (Fsp3) is 0.500. The number of nitrogens with zero attached hydrogens (tertiary/aromatic N) is 1. The van der Waals surface area contributed by atoms with Gasteiger partial charge in [-0.1, -0.05) is 0 Å². The van der Waals surface area contributed by atoms with Crippen molar-refractivity contribution in [3.05, 3.63) is 29.3 Å². The molecule has 1 aromatic rings. The zero-order chi connectivity index (χ0) is 20.6. The summed E-state index contributed by atoms with van der Waals surface area (Å²) < 4.78 is 5.74. The molecule has 3 N–H and O–H groups in total. The third kappa shape index (κ3) is 3.51. The molecule has 1 atom stereocenters. The van der Waals surface area contributed by atoms with Crippen molar-refractivity contribution in [3.63, 3.8) is 0 Å². The summed E-state index contributed by atoms with van der Waals surface area (Å²) in [7, 11) is 1.70. The lowest BCUT2D eigenvalue weighted by Gasteiger charge is -2.36. The zero-order valence-electron chi connectivity index (χ0n) is 16.2. The molecule has 0 spiro atoms. The highest BCUT2D eigenvalue weighted by atomic mass is 16.5. The Morgan fingerprint density at radius 3 is 2.55 bits per heavy atom. The topological polar surface area (TPSA) is 117 Å². The van der Waals surface area contributed by atoms with Gasteiger partial charge >= 0.3 is 0 Å². The normalized spacial score (nSPS) is 23.8. The summed E-state index contributed by atoms with van der Waals surface area (Å²) in [5, 5.41) is 8.83. The Labute approximate surface area is 168 Å². The van der Waals surface area contributed by atoms with Gasteiger partial charge < -0.3 is 15.4 Å². The van der Waals surface area contributed by atoms with E-state index in [4.69, 9.17) is 4.74 Å². The molecule has 29 heavy (non-hydrogen) atoms. The van der Waals surface area contributed by atoms with Gasteiger partial charge in [-0.2, -0.15) is 0 Å². The maximum atomic E-state index is 12.9. The first-order chi connectivity index (χ1) is 13.9. The fourth-order valence-electron chi connectivity index (χ4n) is 4.18. The van der Waals surface area contributed by atoms with Crippen LogP contribution in [0, 0.1) is 0 Å². The summed E-state index contributed by atoms with van der Waals surface area (Å²) in [5.74, 6) is -2.01. The zero-order valence-corrected chi connectivity index (χ0v) is 16.2. The molecule has 0 aliphatic carbocycles. The molecule has 4 rings (SSSR count). The molecule has 154 valence electrons. The molecule has 3 heterocycles. The molecule has 1 aromatic carbocycles. The first-order valence-electron chi connectivity index (χ1n) is 9.79. The molecule has 9 nitrogen and oxygen atoms in total. The van der Waals surface area contributed by atoms with Gasteiger partial charge in [0.05, 0.1) is 16.7 Å². The number of carbonyl (C=O) groups excluding carboxylic acids is 4. The number of amides is 4. The lowest BCUT2D eigenvalue weighted by atomic mass is 9.92. The molecule has 0 radical (unpaired) electrons. The van der Waals surface area contributed by atoms with Crippen LogP contribution >= 0.6 is 0 Å². The average molecular weight is 400 g/mol. The number of benzene rings is 1. The van der Waals surface area contributed by atoms with Gasteiger partial charge in [0.15, 0.2) is 0 Å². The maximum Gasteiger partial charge on any atom is 0.262 e. The third-order valence-electron chi connectivity index (χ3n) is 6.00. The van der Waals surface area contributed by atoms with E-state index in [0.29, 0.717) is 12.2 Å². The van der Waals surface area contributed by atoms with Gasteiger partial charge in [-0.25, -0.2) is 0 Å². The summed E-state index contributed by atoms with van der Waals surface area (Å²) in [5.41, 5.74) is 0.975. The Kier molecular flexibility index (Phi) is 5.10. The Hall–Kier alpha value is -2.78. The first kappa shape index (κ1) is 19.5. The Balaban J connectivity index is 1.51. The monoisotopic (exact) mass is 400 g/mol. The van der Waals surface area contributed by atoms with E-state index in [1.54, 1.807) is 25.3 Å². The first-order valence-corrected chi connectivity index (χ1v) is 9.79. The van der Waals surface area contributed by atoms with E-state index >= 15 is 0 Å². The number of anilines is 1. The maximum absolute atomic E-state index is 12.9. The molecule has 3 aliphatic heterocycles. The summed E-state index contributed by atoms with van der Waals surface area (Å²) in [4.78, 5) is 50.1. The van der Waals surface area contributed by atoms with Crippen molar-refractivity contribution in [2.24, 2.45) is 0 Å². The summed E-state index contributed by atoms with van der Waals surface area (Å²) in [6, 6.07) is 4.04. The molecule has 2 fully saturated rings. The van der Waals surface area contributed by atoms with Crippen LogP contribution in [0.25, 0.3) is 0 Å². The van der Waals surface area contributed by atoms with Crippen molar-refractivity contribution in [1.82, 2.24) is 15.5 Å². The largest absolute Gasteiger partial charge is 0.382 e. The van der Waals surface area contributed by atoms with E-state index in [2.05, 4.69) is 16.0 Å². The summed E-state index contributed by atoms with van der Waals surface area (Å²) in [6.07, 6.45) is 2.00. The molecule has 4 amide bonds. The second-order valence-corrected chi connectivity index (χ2v) is 7.70. The number of ether oxygens (including phenoxy) is 1. The molecule has 0 bridgehead atoms. The van der Waals surface area contributed by atoms with Crippen molar-refractivity contribution in [3.8, 4) is 0 Å². The number of hydrogen-bond acceptors (Lipinski definition) is 7. The average Bonchev–Trinajstić information content (AvgIpc) is 2.97. The van der Waals surface area contributed by atoms with E-state index < -0.39 is 23.8 Å².